The standard InChI is InChI=1S/C15H15FO/c1-2-4-11-5-3-6-12(9-11)14-8-7-13(17)10-15(14)16/h3,5-10,17H,2,4H2,1H3. The smallest absolute Gasteiger partial charge is 0.134 e. The van der Waals surface area contributed by atoms with E-state index in [1.807, 2.05) is 24.3 Å². The number of phenols is 1. The van der Waals surface area contributed by atoms with Gasteiger partial charge in [-0.05, 0) is 29.7 Å². The van der Waals surface area contributed by atoms with E-state index in [-0.39, 0.29) is 5.75 Å². The highest BCUT2D eigenvalue weighted by molar-refractivity contribution is 5.65. The topological polar surface area (TPSA) is 20.2 Å². The van der Waals surface area contributed by atoms with E-state index in [9.17, 15) is 9.50 Å². The van der Waals surface area contributed by atoms with Gasteiger partial charge in [-0.2, -0.15) is 0 Å². The molecule has 0 fully saturated rings. The molecule has 0 amide bonds. The first-order chi connectivity index (χ1) is 8.20. The number of aromatic hydroxyl groups is 1. The Bertz CT molecular complexity index is 520. The number of benzene rings is 2. The van der Waals surface area contributed by atoms with E-state index in [0.717, 1.165) is 24.5 Å². The second kappa shape index (κ2) is 5.00. The fourth-order valence-corrected chi connectivity index (χ4v) is 1.92. The Kier molecular flexibility index (Phi) is 3.43. The number of rotatable bonds is 3. The molecule has 0 aliphatic carbocycles. The third kappa shape index (κ3) is 2.64. The van der Waals surface area contributed by atoms with Gasteiger partial charge in [0.1, 0.15) is 11.6 Å². The van der Waals surface area contributed by atoms with Crippen LogP contribution >= 0.6 is 0 Å². The van der Waals surface area contributed by atoms with Gasteiger partial charge < -0.3 is 5.11 Å². The van der Waals surface area contributed by atoms with Crippen LogP contribution in [0, 0.1) is 5.82 Å². The molecule has 2 aromatic rings. The summed E-state index contributed by atoms with van der Waals surface area (Å²) >= 11 is 0. The zero-order chi connectivity index (χ0) is 12.3. The van der Waals surface area contributed by atoms with Gasteiger partial charge in [0.25, 0.3) is 0 Å². The third-order valence-corrected chi connectivity index (χ3v) is 2.73. The minimum absolute atomic E-state index is 0.0454. The normalized spacial score (nSPS) is 10.5. The molecule has 0 bridgehead atoms. The first kappa shape index (κ1) is 11.6. The highest BCUT2D eigenvalue weighted by atomic mass is 19.1. The highest BCUT2D eigenvalue weighted by Gasteiger charge is 2.06. The maximum atomic E-state index is 13.7. The molecule has 1 N–H and O–H groups in total. The Balaban J connectivity index is 2.42. The second-order valence-electron chi connectivity index (χ2n) is 4.11. The van der Waals surface area contributed by atoms with Gasteiger partial charge in [0.05, 0.1) is 0 Å². The summed E-state index contributed by atoms with van der Waals surface area (Å²) in [5, 5.41) is 9.18. The summed E-state index contributed by atoms with van der Waals surface area (Å²) in [6.07, 6.45) is 2.06. The molecular formula is C15H15FO. The molecule has 0 radical (unpaired) electrons. The summed E-state index contributed by atoms with van der Waals surface area (Å²) in [6, 6.07) is 12.1. The van der Waals surface area contributed by atoms with E-state index in [1.165, 1.54) is 11.6 Å². The Labute approximate surface area is 101 Å². The maximum absolute atomic E-state index is 13.7. The van der Waals surface area contributed by atoms with Crippen LogP contribution in [0.3, 0.4) is 0 Å². The molecule has 0 unspecified atom stereocenters. The van der Waals surface area contributed by atoms with Crippen molar-refractivity contribution in [3.63, 3.8) is 0 Å². The summed E-state index contributed by atoms with van der Waals surface area (Å²) in [5.41, 5.74) is 2.59. The SMILES string of the molecule is CCCc1cccc(-c2ccc(O)cc2F)c1. The molecule has 2 aromatic carbocycles. The van der Waals surface area contributed by atoms with Crippen molar-refractivity contribution in [1.29, 1.82) is 0 Å². The first-order valence-electron chi connectivity index (χ1n) is 5.78. The van der Waals surface area contributed by atoms with E-state index in [0.29, 0.717) is 5.56 Å². The Morgan fingerprint density at radius 3 is 2.65 bits per heavy atom. The Hall–Kier alpha value is -1.83. The molecule has 1 nitrogen and oxygen atoms in total. The van der Waals surface area contributed by atoms with Crippen LogP contribution in [0.4, 0.5) is 4.39 Å². The van der Waals surface area contributed by atoms with Gasteiger partial charge in [-0.3, -0.25) is 0 Å². The van der Waals surface area contributed by atoms with Gasteiger partial charge >= 0.3 is 0 Å². The summed E-state index contributed by atoms with van der Waals surface area (Å²) in [6.45, 7) is 2.12. The average molecular weight is 230 g/mol. The maximum Gasteiger partial charge on any atom is 0.134 e. The second-order valence-corrected chi connectivity index (χ2v) is 4.11. The van der Waals surface area contributed by atoms with E-state index < -0.39 is 5.82 Å². The lowest BCUT2D eigenvalue weighted by Crippen LogP contribution is -1.87. The molecule has 88 valence electrons. The molecular weight excluding hydrogens is 215 g/mol. The van der Waals surface area contributed by atoms with E-state index in [1.54, 1.807) is 6.07 Å². The van der Waals surface area contributed by atoms with Crippen LogP contribution in [0.2, 0.25) is 0 Å². The first-order valence-corrected chi connectivity index (χ1v) is 5.78. The molecule has 0 aliphatic heterocycles. The number of hydrogen-bond acceptors (Lipinski definition) is 1. The molecule has 0 atom stereocenters. The molecule has 0 spiro atoms. The average Bonchev–Trinajstić information content (AvgIpc) is 2.29. The van der Waals surface area contributed by atoms with Crippen molar-refractivity contribution >= 4 is 0 Å². The van der Waals surface area contributed by atoms with Crippen LogP contribution in [-0.2, 0) is 6.42 Å². The van der Waals surface area contributed by atoms with Crippen molar-refractivity contribution in [3.8, 4) is 16.9 Å². The number of halogens is 1. The predicted molar refractivity (Wildman–Crippen MR) is 67.5 cm³/mol. The van der Waals surface area contributed by atoms with Crippen molar-refractivity contribution in [2.75, 3.05) is 0 Å². The van der Waals surface area contributed by atoms with Gasteiger partial charge in [-0.25, -0.2) is 4.39 Å². The van der Waals surface area contributed by atoms with Gasteiger partial charge in [0.15, 0.2) is 0 Å². The fourth-order valence-electron chi connectivity index (χ4n) is 1.92. The molecule has 2 rings (SSSR count). The van der Waals surface area contributed by atoms with Gasteiger partial charge in [-0.1, -0.05) is 37.6 Å². The quantitative estimate of drug-likeness (QED) is 0.839. The van der Waals surface area contributed by atoms with Gasteiger partial charge in [0, 0.05) is 11.6 Å². The highest BCUT2D eigenvalue weighted by Crippen LogP contribution is 2.26. The Morgan fingerprint density at radius 1 is 1.12 bits per heavy atom. The van der Waals surface area contributed by atoms with E-state index >= 15 is 0 Å². The lowest BCUT2D eigenvalue weighted by Gasteiger charge is -2.06. The van der Waals surface area contributed by atoms with Crippen LogP contribution in [0.5, 0.6) is 5.75 Å². The summed E-state index contributed by atoms with van der Waals surface area (Å²) in [4.78, 5) is 0. The van der Waals surface area contributed by atoms with E-state index in [4.69, 9.17) is 0 Å². The molecule has 0 saturated heterocycles. The Morgan fingerprint density at radius 2 is 1.94 bits per heavy atom. The molecule has 0 aromatic heterocycles. The van der Waals surface area contributed by atoms with Crippen LogP contribution in [0.15, 0.2) is 42.5 Å². The molecule has 0 heterocycles. The fraction of sp³-hybridized carbons (Fsp3) is 0.200. The predicted octanol–water partition coefficient (Wildman–Crippen LogP) is 4.15. The summed E-state index contributed by atoms with van der Waals surface area (Å²) < 4.78 is 13.7. The van der Waals surface area contributed by atoms with Crippen molar-refractivity contribution < 1.29 is 9.50 Å². The van der Waals surface area contributed by atoms with Crippen molar-refractivity contribution in [1.82, 2.24) is 0 Å². The van der Waals surface area contributed by atoms with Crippen LogP contribution in [-0.4, -0.2) is 5.11 Å². The van der Waals surface area contributed by atoms with Crippen LogP contribution in [0.25, 0.3) is 11.1 Å². The van der Waals surface area contributed by atoms with Gasteiger partial charge in [-0.15, -0.1) is 0 Å². The third-order valence-electron chi connectivity index (χ3n) is 2.73. The largest absolute Gasteiger partial charge is 0.508 e. The lowest BCUT2D eigenvalue weighted by atomic mass is 10.0. The van der Waals surface area contributed by atoms with E-state index in [2.05, 4.69) is 6.92 Å². The number of aryl methyl sites for hydroxylation is 1. The van der Waals surface area contributed by atoms with Crippen molar-refractivity contribution in [3.05, 3.63) is 53.8 Å². The summed E-state index contributed by atoms with van der Waals surface area (Å²) in [5.74, 6) is -0.436. The van der Waals surface area contributed by atoms with Crippen molar-refractivity contribution in [2.45, 2.75) is 19.8 Å². The van der Waals surface area contributed by atoms with Crippen LogP contribution < -0.4 is 0 Å². The van der Waals surface area contributed by atoms with Gasteiger partial charge in [0.2, 0.25) is 0 Å². The minimum Gasteiger partial charge on any atom is -0.508 e. The number of phenolic OH excluding ortho intramolecular Hbond substituents is 1. The molecule has 17 heavy (non-hydrogen) atoms. The van der Waals surface area contributed by atoms with Crippen molar-refractivity contribution in [2.24, 2.45) is 0 Å². The summed E-state index contributed by atoms with van der Waals surface area (Å²) in [7, 11) is 0. The lowest BCUT2D eigenvalue weighted by molar-refractivity contribution is 0.469. The monoisotopic (exact) mass is 230 g/mol. The zero-order valence-electron chi connectivity index (χ0n) is 9.78. The molecule has 2 heteroatoms. The molecule has 0 saturated carbocycles. The number of hydrogen-bond donors (Lipinski definition) is 1. The molecule has 0 aliphatic rings. The zero-order valence-corrected chi connectivity index (χ0v) is 9.78. The van der Waals surface area contributed by atoms with Crippen LogP contribution in [0.1, 0.15) is 18.9 Å². The minimum atomic E-state index is -0.390.